The van der Waals surface area contributed by atoms with Crippen LogP contribution in [-0.2, 0) is 14.3 Å². The Morgan fingerprint density at radius 3 is 2.65 bits per heavy atom. The van der Waals surface area contributed by atoms with Gasteiger partial charge in [-0.1, -0.05) is 12.1 Å². The molecule has 1 saturated carbocycles. The summed E-state index contributed by atoms with van der Waals surface area (Å²) in [5.41, 5.74) is 0.873. The monoisotopic (exact) mass is 274 g/mol. The first-order valence-corrected chi connectivity index (χ1v) is 6.74. The zero-order valence-electron chi connectivity index (χ0n) is 11.5. The van der Waals surface area contributed by atoms with Gasteiger partial charge in [-0.25, -0.2) is 4.79 Å². The summed E-state index contributed by atoms with van der Waals surface area (Å²) in [5.74, 6) is 0.320. The Hall–Kier alpha value is -2.10. The molecule has 0 radical (unpaired) electrons. The molecule has 0 amide bonds. The van der Waals surface area contributed by atoms with E-state index in [0.29, 0.717) is 12.8 Å². The summed E-state index contributed by atoms with van der Waals surface area (Å²) in [7, 11) is 1.60. The first kappa shape index (κ1) is 14.3. The number of hydrogen-bond acceptors (Lipinski definition) is 4. The van der Waals surface area contributed by atoms with E-state index in [2.05, 4.69) is 0 Å². The lowest BCUT2D eigenvalue weighted by atomic mass is 9.96. The van der Waals surface area contributed by atoms with E-state index in [-0.39, 0.29) is 5.78 Å². The molecule has 1 aliphatic carbocycles. The highest BCUT2D eigenvalue weighted by atomic mass is 16.5. The van der Waals surface area contributed by atoms with Crippen LogP contribution in [0.4, 0.5) is 0 Å². The second-order valence-electron chi connectivity index (χ2n) is 4.74. The lowest BCUT2D eigenvalue weighted by molar-refractivity contribution is -0.152. The average molecular weight is 274 g/mol. The van der Waals surface area contributed by atoms with Gasteiger partial charge in [0.15, 0.2) is 11.9 Å². The lowest BCUT2D eigenvalue weighted by Gasteiger charge is -2.19. The maximum absolute atomic E-state index is 11.7. The molecule has 0 aliphatic heterocycles. The molecule has 4 nitrogen and oxygen atoms in total. The number of carbonyl (C=O) groups excluding carboxylic acids is 2. The van der Waals surface area contributed by atoms with Crippen molar-refractivity contribution >= 4 is 17.8 Å². The number of esters is 1. The first-order valence-electron chi connectivity index (χ1n) is 6.74. The number of rotatable bonds is 4. The van der Waals surface area contributed by atoms with E-state index in [1.165, 1.54) is 6.08 Å². The van der Waals surface area contributed by atoms with Crippen LogP contribution in [0.15, 0.2) is 30.3 Å². The molecule has 20 heavy (non-hydrogen) atoms. The number of carbonyl (C=O) groups is 2. The third-order valence-electron chi connectivity index (χ3n) is 3.28. The Bertz CT molecular complexity index is 502. The molecule has 0 aromatic heterocycles. The third-order valence-corrected chi connectivity index (χ3v) is 3.28. The number of ketones is 1. The summed E-state index contributed by atoms with van der Waals surface area (Å²) < 4.78 is 10.2. The fraction of sp³-hybridized carbons (Fsp3) is 0.375. The predicted molar refractivity (Wildman–Crippen MR) is 75.4 cm³/mol. The Labute approximate surface area is 118 Å². The average Bonchev–Trinajstić information content (AvgIpc) is 2.48. The van der Waals surface area contributed by atoms with Gasteiger partial charge >= 0.3 is 5.97 Å². The largest absolute Gasteiger partial charge is 0.497 e. The van der Waals surface area contributed by atoms with E-state index >= 15 is 0 Å². The van der Waals surface area contributed by atoms with Gasteiger partial charge in [0.05, 0.1) is 7.11 Å². The van der Waals surface area contributed by atoms with E-state index < -0.39 is 12.1 Å². The number of methoxy groups -OCH3 is 1. The highest BCUT2D eigenvalue weighted by molar-refractivity contribution is 5.91. The molecule has 1 unspecified atom stereocenters. The fourth-order valence-electron chi connectivity index (χ4n) is 2.13. The Balaban J connectivity index is 1.89. The first-order chi connectivity index (χ1) is 9.69. The summed E-state index contributed by atoms with van der Waals surface area (Å²) in [6, 6.07) is 7.31. The number of benzene rings is 1. The van der Waals surface area contributed by atoms with Gasteiger partial charge in [-0.3, -0.25) is 4.79 Å². The van der Waals surface area contributed by atoms with Crippen LogP contribution in [-0.4, -0.2) is 25.0 Å². The summed E-state index contributed by atoms with van der Waals surface area (Å²) in [5, 5.41) is 0. The summed E-state index contributed by atoms with van der Waals surface area (Å²) >= 11 is 0. The van der Waals surface area contributed by atoms with Gasteiger partial charge < -0.3 is 9.47 Å². The van der Waals surface area contributed by atoms with Crippen molar-refractivity contribution in [3.63, 3.8) is 0 Å². The molecule has 1 atom stereocenters. The second kappa shape index (κ2) is 6.89. The molecule has 0 saturated heterocycles. The molecule has 1 fully saturated rings. The molecule has 2 rings (SSSR count). The zero-order chi connectivity index (χ0) is 14.4. The van der Waals surface area contributed by atoms with Gasteiger partial charge in [-0.05, 0) is 43.0 Å². The normalized spacial score (nSPS) is 19.1. The molecule has 0 bridgehead atoms. The summed E-state index contributed by atoms with van der Waals surface area (Å²) in [6.07, 6.45) is 5.44. The van der Waals surface area contributed by atoms with Gasteiger partial charge in [0.2, 0.25) is 0 Å². The predicted octanol–water partition coefficient (Wildman–Crippen LogP) is 2.76. The van der Waals surface area contributed by atoms with Crippen LogP contribution in [0.1, 0.15) is 31.2 Å². The maximum Gasteiger partial charge on any atom is 0.331 e. The molecule has 4 heteroatoms. The summed E-state index contributed by atoms with van der Waals surface area (Å²) in [6.45, 7) is 0. The lowest BCUT2D eigenvalue weighted by Crippen LogP contribution is -2.29. The van der Waals surface area contributed by atoms with Crippen LogP contribution < -0.4 is 4.74 Å². The van der Waals surface area contributed by atoms with Crippen LogP contribution in [0.5, 0.6) is 5.75 Å². The fourth-order valence-corrected chi connectivity index (χ4v) is 2.13. The van der Waals surface area contributed by atoms with Crippen molar-refractivity contribution in [3.8, 4) is 5.75 Å². The van der Waals surface area contributed by atoms with Crippen molar-refractivity contribution < 1.29 is 19.1 Å². The highest BCUT2D eigenvalue weighted by Gasteiger charge is 2.24. The number of ether oxygens (including phenoxy) is 2. The van der Waals surface area contributed by atoms with E-state index in [0.717, 1.165) is 24.2 Å². The van der Waals surface area contributed by atoms with Crippen molar-refractivity contribution in [1.82, 2.24) is 0 Å². The van der Waals surface area contributed by atoms with Crippen LogP contribution in [0, 0.1) is 0 Å². The zero-order valence-corrected chi connectivity index (χ0v) is 11.5. The quantitative estimate of drug-likeness (QED) is 0.626. The smallest absolute Gasteiger partial charge is 0.331 e. The minimum Gasteiger partial charge on any atom is -0.497 e. The topological polar surface area (TPSA) is 52.6 Å². The van der Waals surface area contributed by atoms with Crippen molar-refractivity contribution in [2.24, 2.45) is 0 Å². The minimum absolute atomic E-state index is 0.0300. The summed E-state index contributed by atoms with van der Waals surface area (Å²) in [4.78, 5) is 23.2. The van der Waals surface area contributed by atoms with Crippen LogP contribution in [0.25, 0.3) is 6.08 Å². The highest BCUT2D eigenvalue weighted by Crippen LogP contribution is 2.18. The minimum atomic E-state index is -0.559. The van der Waals surface area contributed by atoms with Crippen molar-refractivity contribution in [3.05, 3.63) is 35.9 Å². The van der Waals surface area contributed by atoms with Crippen molar-refractivity contribution in [2.75, 3.05) is 7.11 Å². The molecule has 1 aromatic carbocycles. The standard InChI is InChI=1S/C16H18O4/c1-19-13-9-6-12(7-10-13)8-11-16(18)20-15-5-3-2-4-14(15)17/h6-11,15H,2-5H2,1H3/b11-8+. The molecule has 106 valence electrons. The van der Waals surface area contributed by atoms with Crippen molar-refractivity contribution in [2.45, 2.75) is 31.8 Å². The maximum atomic E-state index is 11.7. The van der Waals surface area contributed by atoms with Crippen LogP contribution in [0.3, 0.4) is 0 Å². The molecular weight excluding hydrogens is 256 g/mol. The Morgan fingerprint density at radius 2 is 2.00 bits per heavy atom. The SMILES string of the molecule is COc1ccc(/C=C/C(=O)OC2CCCCC2=O)cc1. The van der Waals surface area contributed by atoms with Crippen molar-refractivity contribution in [1.29, 1.82) is 0 Å². The van der Waals surface area contributed by atoms with E-state index in [1.807, 2.05) is 24.3 Å². The second-order valence-corrected chi connectivity index (χ2v) is 4.74. The number of hydrogen-bond donors (Lipinski definition) is 0. The molecule has 0 heterocycles. The van der Waals surface area contributed by atoms with Gasteiger partial charge in [0.1, 0.15) is 5.75 Å². The number of Topliss-reactive ketones (excluding diaryl/α,β-unsaturated/α-hetero) is 1. The molecule has 1 aliphatic rings. The Morgan fingerprint density at radius 1 is 1.25 bits per heavy atom. The molecule has 0 N–H and O–H groups in total. The van der Waals surface area contributed by atoms with Gasteiger partial charge in [0.25, 0.3) is 0 Å². The molecular formula is C16H18O4. The Kier molecular flexibility index (Phi) is 4.93. The molecule has 0 spiro atoms. The van der Waals surface area contributed by atoms with Gasteiger partial charge in [-0.2, -0.15) is 0 Å². The van der Waals surface area contributed by atoms with Gasteiger partial charge in [0, 0.05) is 12.5 Å². The van der Waals surface area contributed by atoms with Gasteiger partial charge in [-0.15, -0.1) is 0 Å². The van der Waals surface area contributed by atoms with E-state index in [9.17, 15) is 9.59 Å². The third kappa shape index (κ3) is 3.95. The van der Waals surface area contributed by atoms with E-state index in [1.54, 1.807) is 13.2 Å². The van der Waals surface area contributed by atoms with E-state index in [4.69, 9.17) is 9.47 Å². The van der Waals surface area contributed by atoms with Crippen LogP contribution in [0.2, 0.25) is 0 Å². The van der Waals surface area contributed by atoms with Crippen LogP contribution >= 0.6 is 0 Å². The molecule has 1 aromatic rings.